The van der Waals surface area contributed by atoms with Crippen molar-refractivity contribution in [3.63, 3.8) is 0 Å². The molecule has 16 heavy (non-hydrogen) atoms. The van der Waals surface area contributed by atoms with Crippen LogP contribution in [0.2, 0.25) is 0 Å². The minimum Gasteiger partial charge on any atom is -0.493 e. The summed E-state index contributed by atoms with van der Waals surface area (Å²) in [6, 6.07) is 7.63. The lowest BCUT2D eigenvalue weighted by atomic mass is 10.1. The molecule has 1 aromatic carbocycles. The second-order valence-electron chi connectivity index (χ2n) is 3.18. The highest BCUT2D eigenvalue weighted by Gasteiger charge is 2.13. The largest absolute Gasteiger partial charge is 0.493 e. The molecule has 0 amide bonds. The molecular weight excluding hydrogens is 224 g/mol. The fourth-order valence-electron chi connectivity index (χ4n) is 1.42. The summed E-state index contributed by atoms with van der Waals surface area (Å²) < 4.78 is 0. The second-order valence-corrected chi connectivity index (χ2v) is 4.06. The van der Waals surface area contributed by atoms with E-state index in [9.17, 15) is 9.90 Å². The first-order valence-corrected chi connectivity index (χ1v) is 5.85. The molecule has 0 spiro atoms. The van der Waals surface area contributed by atoms with Crippen molar-refractivity contribution in [3.8, 4) is 17.1 Å². The third kappa shape index (κ3) is 1.81. The van der Waals surface area contributed by atoms with Gasteiger partial charge in [0.15, 0.2) is 6.29 Å². The zero-order valence-corrected chi connectivity index (χ0v) is 9.41. The Labute approximate surface area is 96.7 Å². The number of H-pyrrole nitrogens is 1. The van der Waals surface area contributed by atoms with E-state index in [1.807, 2.05) is 30.5 Å². The van der Waals surface area contributed by atoms with Crippen LogP contribution in [0.4, 0.5) is 0 Å². The van der Waals surface area contributed by atoms with Crippen molar-refractivity contribution >= 4 is 18.0 Å². The van der Waals surface area contributed by atoms with E-state index in [0.29, 0.717) is 12.0 Å². The molecule has 5 heteroatoms. The molecule has 0 atom stereocenters. The average molecular weight is 234 g/mol. The van der Waals surface area contributed by atoms with Gasteiger partial charge >= 0.3 is 0 Å². The maximum atomic E-state index is 10.8. The predicted molar refractivity (Wildman–Crippen MR) is 62.9 cm³/mol. The van der Waals surface area contributed by atoms with Crippen molar-refractivity contribution in [1.29, 1.82) is 0 Å². The summed E-state index contributed by atoms with van der Waals surface area (Å²) >= 11 is 1.64. The van der Waals surface area contributed by atoms with Gasteiger partial charge in [-0.25, -0.2) is 5.10 Å². The van der Waals surface area contributed by atoms with Crippen LogP contribution in [0.3, 0.4) is 0 Å². The molecule has 2 aromatic rings. The first-order valence-electron chi connectivity index (χ1n) is 4.63. The minimum atomic E-state index is -0.195. The zero-order chi connectivity index (χ0) is 11.5. The standard InChI is InChI=1S/C11H10N2O2S/c1-16-8-4-2-7(3-5-8)10-9(6-14)11(15)13-12-10/h2-6H,1H3,(H2,12,13,15). The highest BCUT2D eigenvalue weighted by molar-refractivity contribution is 7.98. The number of hydrogen-bond donors (Lipinski definition) is 2. The van der Waals surface area contributed by atoms with Crippen LogP contribution < -0.4 is 0 Å². The van der Waals surface area contributed by atoms with Gasteiger partial charge in [-0.1, -0.05) is 12.1 Å². The lowest BCUT2D eigenvalue weighted by molar-refractivity contribution is 0.112. The number of carbonyl (C=O) groups is 1. The normalized spacial score (nSPS) is 10.3. The Balaban J connectivity index is 2.46. The van der Waals surface area contributed by atoms with Gasteiger partial charge in [-0.15, -0.1) is 11.8 Å². The molecule has 1 heterocycles. The third-order valence-electron chi connectivity index (χ3n) is 2.27. The van der Waals surface area contributed by atoms with E-state index >= 15 is 0 Å². The van der Waals surface area contributed by atoms with E-state index in [-0.39, 0.29) is 11.4 Å². The monoisotopic (exact) mass is 234 g/mol. The minimum absolute atomic E-state index is 0.192. The summed E-state index contributed by atoms with van der Waals surface area (Å²) in [4.78, 5) is 11.9. The van der Waals surface area contributed by atoms with Crippen LogP contribution >= 0.6 is 11.8 Å². The first kappa shape index (κ1) is 10.8. The number of nitrogens with one attached hydrogen (secondary N) is 1. The van der Waals surface area contributed by atoms with E-state index in [0.717, 1.165) is 10.5 Å². The van der Waals surface area contributed by atoms with Crippen LogP contribution in [0.1, 0.15) is 10.4 Å². The molecule has 0 bridgehead atoms. The molecule has 2 rings (SSSR count). The smallest absolute Gasteiger partial charge is 0.218 e. The molecule has 0 aliphatic heterocycles. The highest BCUT2D eigenvalue weighted by Crippen LogP contribution is 2.27. The van der Waals surface area contributed by atoms with Gasteiger partial charge in [-0.3, -0.25) is 4.79 Å². The summed E-state index contributed by atoms with van der Waals surface area (Å²) in [6.45, 7) is 0. The van der Waals surface area contributed by atoms with Gasteiger partial charge in [0.25, 0.3) is 0 Å². The number of thioether (sulfide) groups is 1. The van der Waals surface area contributed by atoms with Crippen LogP contribution in [0.5, 0.6) is 5.88 Å². The van der Waals surface area contributed by atoms with Gasteiger partial charge < -0.3 is 5.11 Å². The molecule has 0 saturated heterocycles. The average Bonchev–Trinajstić information content (AvgIpc) is 2.70. The molecule has 0 saturated carbocycles. The molecule has 4 nitrogen and oxygen atoms in total. The molecular formula is C11H10N2O2S. The molecule has 1 aromatic heterocycles. The summed E-state index contributed by atoms with van der Waals surface area (Å²) in [7, 11) is 0. The van der Waals surface area contributed by atoms with Crippen molar-refractivity contribution < 1.29 is 9.90 Å². The van der Waals surface area contributed by atoms with Gasteiger partial charge in [0, 0.05) is 10.5 Å². The van der Waals surface area contributed by atoms with Crippen LogP contribution in [-0.4, -0.2) is 27.8 Å². The summed E-state index contributed by atoms with van der Waals surface area (Å²) in [5, 5.41) is 15.6. The Hall–Kier alpha value is -1.75. The number of aromatic amines is 1. The molecule has 2 N–H and O–H groups in total. The van der Waals surface area contributed by atoms with Gasteiger partial charge in [0.1, 0.15) is 11.3 Å². The highest BCUT2D eigenvalue weighted by atomic mass is 32.2. The van der Waals surface area contributed by atoms with E-state index in [2.05, 4.69) is 10.2 Å². The summed E-state index contributed by atoms with van der Waals surface area (Å²) in [5.41, 5.74) is 1.47. The van der Waals surface area contributed by atoms with Crippen LogP contribution in [0, 0.1) is 0 Å². The van der Waals surface area contributed by atoms with Gasteiger partial charge in [0.05, 0.1) is 0 Å². The zero-order valence-electron chi connectivity index (χ0n) is 8.60. The Bertz CT molecular complexity index is 505. The molecule has 0 radical (unpaired) electrons. The van der Waals surface area contributed by atoms with Crippen molar-refractivity contribution in [2.45, 2.75) is 4.90 Å². The SMILES string of the molecule is CSc1ccc(-c2n[nH]c(O)c2C=O)cc1. The van der Waals surface area contributed by atoms with Gasteiger partial charge in [-0.05, 0) is 18.4 Å². The molecule has 82 valence electrons. The van der Waals surface area contributed by atoms with Crippen LogP contribution in [0.25, 0.3) is 11.3 Å². The predicted octanol–water partition coefficient (Wildman–Crippen LogP) is 2.32. The fraction of sp³-hybridized carbons (Fsp3) is 0.0909. The molecule has 0 unspecified atom stereocenters. The van der Waals surface area contributed by atoms with E-state index in [1.165, 1.54) is 0 Å². The Morgan fingerprint density at radius 3 is 2.62 bits per heavy atom. The van der Waals surface area contributed by atoms with E-state index < -0.39 is 0 Å². The number of benzene rings is 1. The Morgan fingerprint density at radius 1 is 1.38 bits per heavy atom. The van der Waals surface area contributed by atoms with Crippen molar-refractivity contribution in [3.05, 3.63) is 29.8 Å². The van der Waals surface area contributed by atoms with Crippen LogP contribution in [-0.2, 0) is 0 Å². The number of aromatic nitrogens is 2. The fourth-order valence-corrected chi connectivity index (χ4v) is 1.83. The topological polar surface area (TPSA) is 66.0 Å². The third-order valence-corrected chi connectivity index (χ3v) is 3.01. The summed E-state index contributed by atoms with van der Waals surface area (Å²) in [5.74, 6) is -0.195. The number of aldehydes is 1. The number of nitrogens with zero attached hydrogens (tertiary/aromatic N) is 1. The maximum Gasteiger partial charge on any atom is 0.218 e. The molecule has 0 aliphatic carbocycles. The summed E-state index contributed by atoms with van der Waals surface area (Å²) in [6.07, 6.45) is 2.59. The second kappa shape index (κ2) is 4.40. The number of hydrogen-bond acceptors (Lipinski definition) is 4. The lowest BCUT2D eigenvalue weighted by Gasteiger charge is -1.99. The van der Waals surface area contributed by atoms with Crippen molar-refractivity contribution in [2.24, 2.45) is 0 Å². The molecule has 0 fully saturated rings. The Morgan fingerprint density at radius 2 is 2.06 bits per heavy atom. The first-order chi connectivity index (χ1) is 7.76. The molecule has 0 aliphatic rings. The van der Waals surface area contributed by atoms with Crippen molar-refractivity contribution in [1.82, 2.24) is 10.2 Å². The quantitative estimate of drug-likeness (QED) is 0.631. The number of aromatic hydroxyl groups is 1. The Kier molecular flexibility index (Phi) is 2.96. The maximum absolute atomic E-state index is 10.8. The van der Waals surface area contributed by atoms with Crippen LogP contribution in [0.15, 0.2) is 29.2 Å². The number of carbonyl (C=O) groups excluding carboxylic acids is 1. The van der Waals surface area contributed by atoms with E-state index in [1.54, 1.807) is 11.8 Å². The van der Waals surface area contributed by atoms with Gasteiger partial charge in [-0.2, -0.15) is 5.10 Å². The van der Waals surface area contributed by atoms with Crippen molar-refractivity contribution in [2.75, 3.05) is 6.26 Å². The lowest BCUT2D eigenvalue weighted by Crippen LogP contribution is -1.84. The van der Waals surface area contributed by atoms with E-state index in [4.69, 9.17) is 0 Å². The van der Waals surface area contributed by atoms with Gasteiger partial charge in [0.2, 0.25) is 5.88 Å². The number of rotatable bonds is 3.